The van der Waals surface area contributed by atoms with Gasteiger partial charge in [0.05, 0.1) is 6.42 Å². The molecule has 0 aliphatic carbocycles. The van der Waals surface area contributed by atoms with Crippen LogP contribution in [0.5, 0.6) is 0 Å². The third kappa shape index (κ3) is 1.23. The van der Waals surface area contributed by atoms with Crippen LogP contribution in [0.15, 0.2) is 33.8 Å². The number of carbonyl (C=O) groups is 1. The van der Waals surface area contributed by atoms with Crippen molar-refractivity contribution in [2.45, 2.75) is 6.42 Å². The number of nitrogens with zero attached hydrogens (tertiary/aromatic N) is 3. The van der Waals surface area contributed by atoms with E-state index in [0.717, 1.165) is 5.01 Å². The number of fused-ring (bicyclic) bond motifs is 1. The Morgan fingerprint density at radius 2 is 2.19 bits per heavy atom. The molecule has 0 bridgehead atoms. The molecule has 1 amide bonds. The van der Waals surface area contributed by atoms with Gasteiger partial charge >= 0.3 is 6.01 Å². The zero-order valence-corrected chi connectivity index (χ0v) is 8.25. The first kappa shape index (κ1) is 8.90. The summed E-state index contributed by atoms with van der Waals surface area (Å²) in [5.41, 5.74) is 6.77. The van der Waals surface area contributed by atoms with Crippen LogP contribution in [0.4, 0.5) is 6.01 Å². The minimum atomic E-state index is -0.232. The molecule has 1 aromatic carbocycles. The highest BCUT2D eigenvalue weighted by Crippen LogP contribution is 2.24. The molecule has 1 aliphatic heterocycles. The second kappa shape index (κ2) is 3.06. The molecule has 0 saturated carbocycles. The van der Waals surface area contributed by atoms with E-state index in [2.05, 4.69) is 10.1 Å². The molecule has 0 atom stereocenters. The summed E-state index contributed by atoms with van der Waals surface area (Å²) in [5.74, 6) is 0.0383. The first-order chi connectivity index (χ1) is 7.74. The molecule has 2 N–H and O–H groups in total. The molecule has 6 heteroatoms. The number of amides is 1. The number of carbonyl (C=O) groups excluding carboxylic acids is 1. The molecule has 0 fully saturated rings. The molecule has 2 aromatic rings. The predicted octanol–water partition coefficient (Wildman–Crippen LogP) is 0.837. The number of amidine groups is 1. The fourth-order valence-electron chi connectivity index (χ4n) is 1.55. The highest BCUT2D eigenvalue weighted by Gasteiger charge is 2.27. The molecule has 3 rings (SSSR count). The Morgan fingerprint density at radius 1 is 1.38 bits per heavy atom. The number of oxazole rings is 1. The number of aromatic nitrogens is 1. The van der Waals surface area contributed by atoms with Crippen molar-refractivity contribution in [1.82, 2.24) is 4.98 Å². The molecule has 80 valence electrons. The first-order valence-corrected chi connectivity index (χ1v) is 4.75. The Balaban J connectivity index is 2.09. The van der Waals surface area contributed by atoms with Gasteiger partial charge in [-0.3, -0.25) is 4.79 Å². The van der Waals surface area contributed by atoms with Crippen LogP contribution in [-0.4, -0.2) is 16.7 Å². The lowest BCUT2D eigenvalue weighted by Gasteiger charge is -2.03. The van der Waals surface area contributed by atoms with E-state index in [0.29, 0.717) is 11.1 Å². The highest BCUT2D eigenvalue weighted by molar-refractivity contribution is 6.11. The Labute approximate surface area is 90.3 Å². The van der Waals surface area contributed by atoms with Crippen LogP contribution in [0, 0.1) is 0 Å². The number of para-hydroxylation sites is 2. The van der Waals surface area contributed by atoms with Gasteiger partial charge in [-0.25, -0.2) is 0 Å². The molecule has 0 saturated heterocycles. The third-order valence-corrected chi connectivity index (χ3v) is 2.26. The number of hydrazone groups is 1. The molecule has 2 heterocycles. The van der Waals surface area contributed by atoms with E-state index in [9.17, 15) is 4.79 Å². The molecule has 0 unspecified atom stereocenters. The molecule has 1 aromatic heterocycles. The maximum Gasteiger partial charge on any atom is 0.327 e. The maximum absolute atomic E-state index is 11.5. The van der Waals surface area contributed by atoms with E-state index >= 15 is 0 Å². The second-order valence-electron chi connectivity index (χ2n) is 3.44. The number of anilines is 1. The molecular weight excluding hydrogens is 208 g/mol. The first-order valence-electron chi connectivity index (χ1n) is 4.75. The van der Waals surface area contributed by atoms with Crippen LogP contribution in [0.3, 0.4) is 0 Å². The van der Waals surface area contributed by atoms with Gasteiger partial charge in [-0.2, -0.15) is 4.98 Å². The maximum atomic E-state index is 11.5. The molecule has 16 heavy (non-hydrogen) atoms. The average molecular weight is 216 g/mol. The standard InChI is InChI=1S/C10H8N4O2/c11-8-5-9(15)14(13-8)10-12-6-3-1-2-4-7(6)16-10/h1-4H,5H2,(H2,11,13). The molecular formula is C10H8N4O2. The van der Waals surface area contributed by atoms with Crippen molar-refractivity contribution in [2.24, 2.45) is 10.8 Å². The van der Waals surface area contributed by atoms with Crippen LogP contribution in [-0.2, 0) is 4.79 Å². The Bertz CT molecular complexity index is 569. The molecule has 6 nitrogen and oxygen atoms in total. The van der Waals surface area contributed by atoms with Gasteiger partial charge in [0.2, 0.25) is 0 Å². The van der Waals surface area contributed by atoms with Gasteiger partial charge in [-0.15, -0.1) is 10.1 Å². The SMILES string of the molecule is NC1=NN(c2nc3ccccc3o2)C(=O)C1. The summed E-state index contributed by atoms with van der Waals surface area (Å²) in [6.45, 7) is 0. The van der Waals surface area contributed by atoms with Crippen molar-refractivity contribution >= 4 is 28.9 Å². The van der Waals surface area contributed by atoms with Crippen LogP contribution >= 0.6 is 0 Å². The molecule has 1 aliphatic rings. The molecule has 0 spiro atoms. The quantitative estimate of drug-likeness (QED) is 0.765. The zero-order chi connectivity index (χ0) is 11.1. The number of hydrogen-bond acceptors (Lipinski definition) is 5. The Morgan fingerprint density at radius 3 is 2.88 bits per heavy atom. The van der Waals surface area contributed by atoms with Crippen molar-refractivity contribution in [3.05, 3.63) is 24.3 Å². The summed E-state index contributed by atoms with van der Waals surface area (Å²) in [4.78, 5) is 15.6. The van der Waals surface area contributed by atoms with Gasteiger partial charge in [-0.05, 0) is 12.1 Å². The van der Waals surface area contributed by atoms with Crippen molar-refractivity contribution < 1.29 is 9.21 Å². The van der Waals surface area contributed by atoms with Crippen LogP contribution in [0.2, 0.25) is 0 Å². The normalized spacial score (nSPS) is 15.9. The fraction of sp³-hybridized carbons (Fsp3) is 0.100. The number of rotatable bonds is 1. The smallest absolute Gasteiger partial charge is 0.327 e. The number of hydrogen-bond donors (Lipinski definition) is 1. The van der Waals surface area contributed by atoms with Gasteiger partial charge < -0.3 is 10.2 Å². The van der Waals surface area contributed by atoms with Crippen LogP contribution in [0.25, 0.3) is 11.1 Å². The number of nitrogens with two attached hydrogens (primary N) is 1. The Kier molecular flexibility index (Phi) is 1.70. The van der Waals surface area contributed by atoms with Crippen LogP contribution in [0.1, 0.15) is 6.42 Å². The predicted molar refractivity (Wildman–Crippen MR) is 57.7 cm³/mol. The van der Waals surface area contributed by atoms with Crippen molar-refractivity contribution in [1.29, 1.82) is 0 Å². The topological polar surface area (TPSA) is 84.7 Å². The summed E-state index contributed by atoms with van der Waals surface area (Å²) in [6, 6.07) is 7.42. The zero-order valence-electron chi connectivity index (χ0n) is 8.25. The Hall–Kier alpha value is -2.37. The lowest BCUT2D eigenvalue weighted by molar-refractivity contribution is -0.117. The van der Waals surface area contributed by atoms with E-state index in [1.54, 1.807) is 12.1 Å². The lowest BCUT2D eigenvalue weighted by Crippen LogP contribution is -2.19. The lowest BCUT2D eigenvalue weighted by atomic mass is 10.3. The van der Waals surface area contributed by atoms with Crippen molar-refractivity contribution in [3.63, 3.8) is 0 Å². The van der Waals surface area contributed by atoms with Gasteiger partial charge in [0.15, 0.2) is 5.58 Å². The minimum absolute atomic E-state index is 0.110. The van der Waals surface area contributed by atoms with E-state index in [1.165, 1.54) is 0 Å². The summed E-state index contributed by atoms with van der Waals surface area (Å²) in [5, 5.41) is 4.95. The summed E-state index contributed by atoms with van der Waals surface area (Å²) < 4.78 is 5.40. The monoisotopic (exact) mass is 216 g/mol. The van der Waals surface area contributed by atoms with Gasteiger partial charge in [0.1, 0.15) is 11.4 Å². The van der Waals surface area contributed by atoms with Crippen molar-refractivity contribution in [2.75, 3.05) is 5.01 Å². The summed E-state index contributed by atoms with van der Waals surface area (Å²) in [6.07, 6.45) is 0.110. The van der Waals surface area contributed by atoms with E-state index in [-0.39, 0.29) is 24.2 Å². The van der Waals surface area contributed by atoms with E-state index in [1.807, 2.05) is 12.1 Å². The van der Waals surface area contributed by atoms with E-state index in [4.69, 9.17) is 10.2 Å². The summed E-state index contributed by atoms with van der Waals surface area (Å²) in [7, 11) is 0. The fourth-order valence-corrected chi connectivity index (χ4v) is 1.55. The largest absolute Gasteiger partial charge is 0.422 e. The highest BCUT2D eigenvalue weighted by atomic mass is 16.4. The summed E-state index contributed by atoms with van der Waals surface area (Å²) >= 11 is 0. The average Bonchev–Trinajstić information content (AvgIpc) is 2.81. The van der Waals surface area contributed by atoms with Crippen molar-refractivity contribution in [3.8, 4) is 0 Å². The van der Waals surface area contributed by atoms with Gasteiger partial charge in [0, 0.05) is 0 Å². The van der Waals surface area contributed by atoms with E-state index < -0.39 is 0 Å². The van der Waals surface area contributed by atoms with Gasteiger partial charge in [-0.1, -0.05) is 12.1 Å². The van der Waals surface area contributed by atoms with Gasteiger partial charge in [0.25, 0.3) is 5.91 Å². The minimum Gasteiger partial charge on any atom is -0.422 e. The number of benzene rings is 1. The third-order valence-electron chi connectivity index (χ3n) is 2.26. The second-order valence-corrected chi connectivity index (χ2v) is 3.44. The molecule has 0 radical (unpaired) electrons. The van der Waals surface area contributed by atoms with Crippen LogP contribution < -0.4 is 10.7 Å².